The van der Waals surface area contributed by atoms with E-state index in [4.69, 9.17) is 15.6 Å². The van der Waals surface area contributed by atoms with Gasteiger partial charge in [-0.2, -0.15) is 24.0 Å². The molecule has 5 heterocycles. The van der Waals surface area contributed by atoms with E-state index in [9.17, 15) is 22.8 Å². The molecule has 2 unspecified atom stereocenters. The molecule has 11 nitrogen and oxygen atoms in total. The van der Waals surface area contributed by atoms with E-state index in [1.807, 2.05) is 4.90 Å². The Labute approximate surface area is 245 Å². The molecule has 0 bridgehead atoms. The maximum atomic E-state index is 13.2. The van der Waals surface area contributed by atoms with Crippen molar-refractivity contribution in [1.82, 2.24) is 14.8 Å². The first-order valence-corrected chi connectivity index (χ1v) is 13.9. The number of alkyl halides is 3. The minimum absolute atomic E-state index is 0.126. The fourth-order valence-corrected chi connectivity index (χ4v) is 5.64. The number of aliphatic imine (C=N–C) groups is 2. The number of amides is 2. The number of halogens is 3. The number of fused-ring (bicyclic) bond motifs is 1. The number of hydrogen-bond acceptors (Lipinski definition) is 8. The van der Waals surface area contributed by atoms with Crippen LogP contribution in [0.25, 0.3) is 0 Å². The smallest absolute Gasteiger partial charge is 0.378 e. The predicted octanol–water partition coefficient (Wildman–Crippen LogP) is 3.10. The Bertz CT molecular complexity index is 1550. The summed E-state index contributed by atoms with van der Waals surface area (Å²) in [5, 5.41) is 2.41. The van der Waals surface area contributed by atoms with Gasteiger partial charge in [0, 0.05) is 37.9 Å². The molecule has 1 aromatic heterocycles. The second-order valence-corrected chi connectivity index (χ2v) is 10.7. The van der Waals surface area contributed by atoms with Crippen LogP contribution >= 0.6 is 0 Å². The number of quaternary nitrogens is 1. The number of nitrogens with zero attached hydrogens (tertiary/aromatic N) is 6. The molecule has 0 spiro atoms. The molecule has 2 aromatic rings. The minimum atomic E-state index is -4.56. The van der Waals surface area contributed by atoms with E-state index >= 15 is 0 Å². The maximum absolute atomic E-state index is 13.2. The lowest BCUT2D eigenvalue weighted by Gasteiger charge is -2.36. The molecule has 2 fully saturated rings. The monoisotopic (exact) mass is 595 g/mol. The highest BCUT2D eigenvalue weighted by Crippen LogP contribution is 2.35. The van der Waals surface area contributed by atoms with Crippen LogP contribution in [0.4, 0.5) is 19.0 Å². The maximum Gasteiger partial charge on any atom is 0.416 e. The van der Waals surface area contributed by atoms with Gasteiger partial charge in [-0.25, -0.2) is 4.98 Å². The number of carbonyl (C=O) groups is 2. The van der Waals surface area contributed by atoms with Crippen LogP contribution in [-0.4, -0.2) is 82.6 Å². The number of nitrogens with one attached hydrogen (secondary N) is 1. The number of pyridine rings is 1. The van der Waals surface area contributed by atoms with Gasteiger partial charge in [-0.05, 0) is 49.2 Å². The van der Waals surface area contributed by atoms with Gasteiger partial charge in [-0.15, -0.1) is 4.59 Å². The minimum Gasteiger partial charge on any atom is -0.378 e. The van der Waals surface area contributed by atoms with E-state index in [0.717, 1.165) is 31.2 Å². The summed E-state index contributed by atoms with van der Waals surface area (Å²) in [5.41, 5.74) is 0.609. The SMILES string of the molecule is N[N+]12C=CN=CC1=C(N1CCCC(C(=O)N3CCOCC3)C1)N=C2c1ccc(C(=O)Nc2cc(C(F)(F)F)ccn2)cc1. The second-order valence-electron chi connectivity index (χ2n) is 10.7. The van der Waals surface area contributed by atoms with Crippen LogP contribution in [-0.2, 0) is 15.7 Å². The van der Waals surface area contributed by atoms with E-state index < -0.39 is 17.6 Å². The van der Waals surface area contributed by atoms with Gasteiger partial charge in [0.15, 0.2) is 0 Å². The third kappa shape index (κ3) is 5.68. The summed E-state index contributed by atoms with van der Waals surface area (Å²) in [6.07, 6.45) is 3.02. The van der Waals surface area contributed by atoms with Crippen LogP contribution in [0.2, 0.25) is 0 Å². The number of morpholine rings is 1. The molecule has 0 saturated carbocycles. The third-order valence-corrected chi connectivity index (χ3v) is 7.90. The van der Waals surface area contributed by atoms with Gasteiger partial charge in [-0.3, -0.25) is 14.6 Å². The summed E-state index contributed by atoms with van der Waals surface area (Å²) in [7, 11) is 0. The fourth-order valence-electron chi connectivity index (χ4n) is 5.64. The zero-order valence-corrected chi connectivity index (χ0v) is 23.1. The average molecular weight is 596 g/mol. The van der Waals surface area contributed by atoms with Gasteiger partial charge < -0.3 is 19.9 Å². The van der Waals surface area contributed by atoms with Crippen molar-refractivity contribution in [2.45, 2.75) is 19.0 Å². The molecule has 2 saturated heterocycles. The van der Waals surface area contributed by atoms with Crippen molar-refractivity contribution in [2.24, 2.45) is 21.7 Å². The molecule has 224 valence electrons. The zero-order chi connectivity index (χ0) is 30.2. The quantitative estimate of drug-likeness (QED) is 0.404. The summed E-state index contributed by atoms with van der Waals surface area (Å²) in [6.45, 7) is 3.49. The first-order chi connectivity index (χ1) is 20.6. The van der Waals surface area contributed by atoms with E-state index in [0.29, 0.717) is 62.3 Å². The van der Waals surface area contributed by atoms with Crippen molar-refractivity contribution in [3.63, 3.8) is 0 Å². The highest BCUT2D eigenvalue weighted by molar-refractivity contribution is 6.05. The van der Waals surface area contributed by atoms with Crippen molar-refractivity contribution in [1.29, 1.82) is 0 Å². The molecule has 0 aliphatic carbocycles. The summed E-state index contributed by atoms with van der Waals surface area (Å²) >= 11 is 0. The molecule has 2 amide bonds. The number of hydrogen-bond donors (Lipinski definition) is 2. The third-order valence-electron chi connectivity index (χ3n) is 7.90. The average Bonchev–Trinajstić information content (AvgIpc) is 3.34. The molecule has 4 aliphatic heterocycles. The Hall–Kier alpha value is -4.40. The van der Waals surface area contributed by atoms with Crippen LogP contribution in [0.3, 0.4) is 0 Å². The van der Waals surface area contributed by atoms with Crippen LogP contribution in [0.5, 0.6) is 0 Å². The molecule has 14 heteroatoms. The molecule has 1 aromatic carbocycles. The number of benzene rings is 1. The number of nitrogens with two attached hydrogens (primary N) is 1. The Morgan fingerprint density at radius 2 is 1.86 bits per heavy atom. The van der Waals surface area contributed by atoms with E-state index in [1.54, 1.807) is 42.9 Å². The number of amidine groups is 1. The lowest BCUT2D eigenvalue weighted by Crippen LogP contribution is -2.53. The van der Waals surface area contributed by atoms with Crippen molar-refractivity contribution < 1.29 is 32.1 Å². The molecule has 2 atom stereocenters. The molecule has 3 N–H and O–H groups in total. The Kier molecular flexibility index (Phi) is 7.58. The van der Waals surface area contributed by atoms with Crippen molar-refractivity contribution in [3.05, 3.63) is 83.2 Å². The fraction of sp³-hybridized carbons (Fsp3) is 0.345. The first-order valence-electron chi connectivity index (χ1n) is 13.9. The Morgan fingerprint density at radius 3 is 2.60 bits per heavy atom. The van der Waals surface area contributed by atoms with Crippen molar-refractivity contribution >= 4 is 29.7 Å². The number of rotatable bonds is 5. The molecule has 4 aliphatic rings. The van der Waals surface area contributed by atoms with Gasteiger partial charge in [0.1, 0.15) is 12.0 Å². The highest BCUT2D eigenvalue weighted by Gasteiger charge is 2.46. The van der Waals surface area contributed by atoms with Gasteiger partial charge in [0.2, 0.25) is 17.4 Å². The molecular weight excluding hydrogens is 565 g/mol. The number of aromatic nitrogens is 1. The largest absolute Gasteiger partial charge is 0.416 e. The summed E-state index contributed by atoms with van der Waals surface area (Å²) < 4.78 is 44.3. The number of likely N-dealkylation sites (tertiary alicyclic amines) is 1. The highest BCUT2D eigenvalue weighted by atomic mass is 19.4. The summed E-state index contributed by atoms with van der Waals surface area (Å²) in [6, 6.07) is 8.07. The van der Waals surface area contributed by atoms with Crippen LogP contribution in [0, 0.1) is 5.92 Å². The standard InChI is InChI=1S/C29H29F3N8O3/c30-29(31,32)22-7-8-35-24(16-22)36-27(41)20-5-3-19(4-6-20)26-37-25(23-17-34-9-13-40(23,26)33)39-10-1-2-21(18-39)28(42)38-11-14-43-15-12-38/h3-9,13,16-17,21H,1-2,10-12,14-15,18,33H2/p+1. The number of allylic oxidation sites excluding steroid dienone is 1. The predicted molar refractivity (Wildman–Crippen MR) is 151 cm³/mol. The van der Waals surface area contributed by atoms with Gasteiger partial charge >= 0.3 is 6.18 Å². The van der Waals surface area contributed by atoms with Crippen molar-refractivity contribution in [3.8, 4) is 0 Å². The number of carbonyl (C=O) groups excluding carboxylic acids is 2. The number of anilines is 1. The molecular formula is C29H30F3N8O3+. The molecule has 43 heavy (non-hydrogen) atoms. The van der Waals surface area contributed by atoms with Crippen molar-refractivity contribution in [2.75, 3.05) is 44.7 Å². The van der Waals surface area contributed by atoms with E-state index in [2.05, 4.69) is 20.2 Å². The van der Waals surface area contributed by atoms with Crippen LogP contribution in [0.1, 0.15) is 34.3 Å². The lowest BCUT2D eigenvalue weighted by molar-refractivity contribution is -0.750. The van der Waals surface area contributed by atoms with Gasteiger partial charge in [0.25, 0.3) is 11.7 Å². The number of piperidine rings is 1. The number of ether oxygens (including phenoxy) is 1. The van der Waals surface area contributed by atoms with Gasteiger partial charge in [-0.1, -0.05) is 0 Å². The second kappa shape index (κ2) is 11.4. The molecule has 0 radical (unpaired) electrons. The van der Waals surface area contributed by atoms with Crippen LogP contribution < -0.4 is 11.2 Å². The summed E-state index contributed by atoms with van der Waals surface area (Å²) in [4.78, 5) is 43.0. The van der Waals surface area contributed by atoms with Gasteiger partial charge in [0.05, 0.1) is 42.7 Å². The topological polar surface area (TPSA) is 126 Å². The first kappa shape index (κ1) is 28.7. The zero-order valence-electron chi connectivity index (χ0n) is 23.1. The normalized spacial score (nSPS) is 23.7. The lowest BCUT2D eigenvalue weighted by atomic mass is 9.96. The summed E-state index contributed by atoms with van der Waals surface area (Å²) in [5.74, 6) is 7.15. The Balaban J connectivity index is 1.21. The van der Waals surface area contributed by atoms with E-state index in [1.165, 1.54) is 0 Å². The molecule has 6 rings (SSSR count). The Morgan fingerprint density at radius 1 is 1.09 bits per heavy atom. The van der Waals surface area contributed by atoms with Crippen LogP contribution in [0.15, 0.2) is 76.5 Å². The van der Waals surface area contributed by atoms with E-state index in [-0.39, 0.29) is 27.8 Å².